The van der Waals surface area contributed by atoms with Crippen molar-refractivity contribution in [2.24, 2.45) is 0 Å². The zero-order valence-corrected chi connectivity index (χ0v) is 13.5. The molecule has 118 valence electrons. The Kier molecular flexibility index (Phi) is 3.50. The zero-order valence-electron chi connectivity index (χ0n) is 12.7. The molecule has 0 N–H and O–H groups in total. The maximum atomic E-state index is 13.6. The number of pyridine rings is 1. The lowest BCUT2D eigenvalue weighted by molar-refractivity contribution is 0.584. The first-order chi connectivity index (χ1) is 11.6. The lowest BCUT2D eigenvalue weighted by Crippen LogP contribution is -1.96. The van der Waals surface area contributed by atoms with E-state index in [9.17, 15) is 4.39 Å². The third kappa shape index (κ3) is 2.53. The van der Waals surface area contributed by atoms with E-state index in [2.05, 4.69) is 15.1 Å². The summed E-state index contributed by atoms with van der Waals surface area (Å²) in [6.45, 7) is 2.01. The van der Waals surface area contributed by atoms with Gasteiger partial charge in [0.15, 0.2) is 5.65 Å². The summed E-state index contributed by atoms with van der Waals surface area (Å²) >= 11 is 6.04. The number of nitrogens with zero attached hydrogens (tertiary/aromatic N) is 4. The molecule has 0 atom stereocenters. The van der Waals surface area contributed by atoms with Crippen molar-refractivity contribution in [3.63, 3.8) is 0 Å². The summed E-state index contributed by atoms with van der Waals surface area (Å²) in [4.78, 5) is 8.29. The molecule has 4 aromatic rings. The summed E-state index contributed by atoms with van der Waals surface area (Å²) in [5, 5.41) is 4.67. The quantitative estimate of drug-likeness (QED) is 0.503. The van der Waals surface area contributed by atoms with E-state index in [1.807, 2.05) is 31.2 Å². The van der Waals surface area contributed by atoms with Gasteiger partial charge < -0.3 is 0 Å². The summed E-state index contributed by atoms with van der Waals surface area (Å²) in [5.74, 6) is -0.556. The molecule has 6 heteroatoms. The van der Waals surface area contributed by atoms with Gasteiger partial charge in [-0.1, -0.05) is 35.4 Å². The van der Waals surface area contributed by atoms with Crippen LogP contribution in [0, 0.1) is 12.9 Å². The van der Waals surface area contributed by atoms with Crippen molar-refractivity contribution in [2.45, 2.75) is 6.92 Å². The van der Waals surface area contributed by atoms with Gasteiger partial charge in [0.1, 0.15) is 10.8 Å². The van der Waals surface area contributed by atoms with Crippen LogP contribution in [0.4, 0.5) is 4.39 Å². The molecule has 0 aliphatic rings. The highest BCUT2D eigenvalue weighted by molar-refractivity contribution is 6.29. The first-order valence-corrected chi connectivity index (χ1v) is 7.74. The van der Waals surface area contributed by atoms with E-state index in [0.717, 1.165) is 16.8 Å². The van der Waals surface area contributed by atoms with Gasteiger partial charge in [-0.15, -0.1) is 0 Å². The fraction of sp³-hybridized carbons (Fsp3) is 0.0556. The Morgan fingerprint density at radius 1 is 1.04 bits per heavy atom. The standard InChI is InChI=1S/C18H12ClFN4/c1-11-3-2-4-12(9-11)17-18(13-7-8-21-15(20)10-13)24-16(22-17)6-5-14(19)23-24/h2-10H,1H3. The molecule has 0 aliphatic heterocycles. The van der Waals surface area contributed by atoms with Crippen LogP contribution in [0.25, 0.3) is 28.2 Å². The predicted molar refractivity (Wildman–Crippen MR) is 91.4 cm³/mol. The van der Waals surface area contributed by atoms with E-state index >= 15 is 0 Å². The Hall–Kier alpha value is -2.79. The van der Waals surface area contributed by atoms with Gasteiger partial charge in [-0.3, -0.25) is 0 Å². The molecule has 0 radical (unpaired) electrons. The Morgan fingerprint density at radius 3 is 2.71 bits per heavy atom. The van der Waals surface area contributed by atoms with E-state index in [0.29, 0.717) is 22.1 Å². The first kappa shape index (κ1) is 14.8. The second-order valence-electron chi connectivity index (χ2n) is 5.47. The number of fused-ring (bicyclic) bond motifs is 1. The summed E-state index contributed by atoms with van der Waals surface area (Å²) in [7, 11) is 0. The van der Waals surface area contributed by atoms with Gasteiger partial charge >= 0.3 is 0 Å². The van der Waals surface area contributed by atoms with Crippen LogP contribution in [-0.2, 0) is 0 Å². The molecular formula is C18H12ClFN4. The smallest absolute Gasteiger partial charge is 0.213 e. The minimum Gasteiger partial charge on any atom is -0.228 e. The number of aryl methyl sites for hydroxylation is 1. The molecule has 4 nitrogen and oxygen atoms in total. The van der Waals surface area contributed by atoms with Gasteiger partial charge in [-0.2, -0.15) is 9.49 Å². The lowest BCUT2D eigenvalue weighted by atomic mass is 10.0. The maximum absolute atomic E-state index is 13.6. The first-order valence-electron chi connectivity index (χ1n) is 7.36. The van der Waals surface area contributed by atoms with Crippen molar-refractivity contribution in [1.82, 2.24) is 19.6 Å². The van der Waals surface area contributed by atoms with E-state index in [-0.39, 0.29) is 0 Å². The third-order valence-electron chi connectivity index (χ3n) is 3.74. The molecule has 0 unspecified atom stereocenters. The Balaban J connectivity index is 2.08. The van der Waals surface area contributed by atoms with Crippen LogP contribution in [0.3, 0.4) is 0 Å². The predicted octanol–water partition coefficient (Wildman–Crippen LogP) is 4.56. The number of imidazole rings is 1. The molecule has 0 bridgehead atoms. The van der Waals surface area contributed by atoms with Gasteiger partial charge in [0.2, 0.25) is 5.95 Å². The van der Waals surface area contributed by atoms with Crippen LogP contribution in [0.1, 0.15) is 5.56 Å². The molecule has 3 aromatic heterocycles. The van der Waals surface area contributed by atoms with Crippen molar-refractivity contribution in [3.8, 4) is 22.5 Å². The van der Waals surface area contributed by atoms with Crippen molar-refractivity contribution < 1.29 is 4.39 Å². The monoisotopic (exact) mass is 338 g/mol. The van der Waals surface area contributed by atoms with E-state index in [1.54, 1.807) is 22.7 Å². The zero-order chi connectivity index (χ0) is 16.7. The van der Waals surface area contributed by atoms with E-state index in [4.69, 9.17) is 11.6 Å². The fourth-order valence-corrected chi connectivity index (χ4v) is 2.85. The van der Waals surface area contributed by atoms with Crippen molar-refractivity contribution >= 4 is 17.2 Å². The highest BCUT2D eigenvalue weighted by atomic mass is 35.5. The van der Waals surface area contributed by atoms with Crippen molar-refractivity contribution in [3.05, 3.63) is 71.4 Å². The van der Waals surface area contributed by atoms with Crippen LogP contribution < -0.4 is 0 Å². The highest BCUT2D eigenvalue weighted by Crippen LogP contribution is 2.33. The molecule has 0 saturated heterocycles. The van der Waals surface area contributed by atoms with Crippen molar-refractivity contribution in [2.75, 3.05) is 0 Å². The molecule has 3 heterocycles. The number of benzene rings is 1. The SMILES string of the molecule is Cc1cccc(-c2nc3ccc(Cl)nn3c2-c2ccnc(F)c2)c1. The number of rotatable bonds is 2. The number of hydrogen-bond acceptors (Lipinski definition) is 3. The molecular weight excluding hydrogens is 327 g/mol. The van der Waals surface area contributed by atoms with Crippen LogP contribution >= 0.6 is 11.6 Å². The summed E-state index contributed by atoms with van der Waals surface area (Å²) in [5.41, 5.74) is 4.73. The number of hydrogen-bond donors (Lipinski definition) is 0. The van der Waals surface area contributed by atoms with Gasteiger partial charge in [0, 0.05) is 23.4 Å². The van der Waals surface area contributed by atoms with Crippen LogP contribution in [0.2, 0.25) is 5.15 Å². The van der Waals surface area contributed by atoms with Gasteiger partial charge in [-0.25, -0.2) is 14.5 Å². The van der Waals surface area contributed by atoms with Crippen LogP contribution in [0.15, 0.2) is 54.7 Å². The average Bonchev–Trinajstić information content (AvgIpc) is 2.93. The normalized spacial score (nSPS) is 11.1. The Labute approximate surface area is 142 Å². The molecule has 4 rings (SSSR count). The molecule has 0 amide bonds. The van der Waals surface area contributed by atoms with E-state index in [1.165, 1.54) is 12.3 Å². The summed E-state index contributed by atoms with van der Waals surface area (Å²) < 4.78 is 15.3. The second-order valence-corrected chi connectivity index (χ2v) is 5.86. The Morgan fingerprint density at radius 2 is 1.92 bits per heavy atom. The molecule has 0 spiro atoms. The topological polar surface area (TPSA) is 43.1 Å². The number of halogens is 2. The minimum absolute atomic E-state index is 0.339. The summed E-state index contributed by atoms with van der Waals surface area (Å²) in [6.07, 6.45) is 1.43. The molecule has 0 aliphatic carbocycles. The van der Waals surface area contributed by atoms with Crippen LogP contribution in [0.5, 0.6) is 0 Å². The minimum atomic E-state index is -0.556. The van der Waals surface area contributed by atoms with Gasteiger partial charge in [-0.05, 0) is 31.2 Å². The van der Waals surface area contributed by atoms with Crippen LogP contribution in [-0.4, -0.2) is 19.6 Å². The molecule has 1 aromatic carbocycles. The molecule has 24 heavy (non-hydrogen) atoms. The second kappa shape index (κ2) is 5.69. The van der Waals surface area contributed by atoms with Crippen molar-refractivity contribution in [1.29, 1.82) is 0 Å². The van der Waals surface area contributed by atoms with Gasteiger partial charge in [0.25, 0.3) is 0 Å². The largest absolute Gasteiger partial charge is 0.228 e. The number of aromatic nitrogens is 4. The third-order valence-corrected chi connectivity index (χ3v) is 3.94. The van der Waals surface area contributed by atoms with Gasteiger partial charge in [0.05, 0.1) is 5.69 Å². The molecule has 0 fully saturated rings. The molecule has 0 saturated carbocycles. The average molecular weight is 339 g/mol. The van der Waals surface area contributed by atoms with E-state index < -0.39 is 5.95 Å². The Bertz CT molecular complexity index is 1060. The summed E-state index contributed by atoms with van der Waals surface area (Å²) in [6, 6.07) is 14.5. The highest BCUT2D eigenvalue weighted by Gasteiger charge is 2.18. The fourth-order valence-electron chi connectivity index (χ4n) is 2.71. The maximum Gasteiger partial charge on any atom is 0.213 e. The lowest BCUT2D eigenvalue weighted by Gasteiger charge is -2.06.